The van der Waals surface area contributed by atoms with Crippen LogP contribution in [-0.2, 0) is 16.6 Å². The van der Waals surface area contributed by atoms with Crippen LogP contribution < -0.4 is 10.6 Å². The summed E-state index contributed by atoms with van der Waals surface area (Å²) in [5.74, 6) is 0.592. The van der Waals surface area contributed by atoms with Crippen LogP contribution in [0.4, 0.5) is 5.69 Å². The summed E-state index contributed by atoms with van der Waals surface area (Å²) in [4.78, 5) is 24.6. The second kappa shape index (κ2) is 10.8. The van der Waals surface area contributed by atoms with Gasteiger partial charge in [-0.05, 0) is 49.2 Å². The van der Waals surface area contributed by atoms with Crippen LogP contribution >= 0.6 is 23.4 Å². The maximum atomic E-state index is 12.4. The Bertz CT molecular complexity index is 1130. The SMILES string of the molecule is Cn1c(SCC(=O)NC[C@@H]2CCCO2)nnc1-c1ccc(NC(=O)c2ccccc2Cl)cc1. The Morgan fingerprint density at radius 3 is 2.70 bits per heavy atom. The minimum absolute atomic E-state index is 0.0568. The summed E-state index contributed by atoms with van der Waals surface area (Å²) in [7, 11) is 1.86. The number of halogens is 1. The number of carbonyl (C=O) groups excluding carboxylic acids is 2. The van der Waals surface area contributed by atoms with E-state index in [1.165, 1.54) is 11.8 Å². The minimum atomic E-state index is -0.275. The number of nitrogens with zero attached hydrogens (tertiary/aromatic N) is 3. The summed E-state index contributed by atoms with van der Waals surface area (Å²) < 4.78 is 7.36. The van der Waals surface area contributed by atoms with Crippen LogP contribution in [0, 0.1) is 0 Å². The van der Waals surface area contributed by atoms with E-state index in [2.05, 4.69) is 20.8 Å². The van der Waals surface area contributed by atoms with E-state index in [-0.39, 0.29) is 23.7 Å². The molecule has 4 rings (SSSR count). The Morgan fingerprint density at radius 2 is 1.97 bits per heavy atom. The van der Waals surface area contributed by atoms with Crippen LogP contribution in [0.15, 0.2) is 53.7 Å². The van der Waals surface area contributed by atoms with Gasteiger partial charge in [-0.25, -0.2) is 0 Å². The van der Waals surface area contributed by atoms with Crippen molar-refractivity contribution < 1.29 is 14.3 Å². The van der Waals surface area contributed by atoms with Gasteiger partial charge in [0.2, 0.25) is 5.91 Å². The normalized spacial score (nSPS) is 15.4. The number of anilines is 1. The Labute approximate surface area is 201 Å². The molecule has 0 radical (unpaired) electrons. The fraction of sp³-hybridized carbons (Fsp3) is 0.304. The third-order valence-corrected chi connectivity index (χ3v) is 6.59. The van der Waals surface area contributed by atoms with Gasteiger partial charge in [-0.2, -0.15) is 0 Å². The van der Waals surface area contributed by atoms with Crippen molar-refractivity contribution in [3.8, 4) is 11.4 Å². The van der Waals surface area contributed by atoms with Gasteiger partial charge in [0, 0.05) is 31.5 Å². The van der Waals surface area contributed by atoms with Gasteiger partial charge in [0.25, 0.3) is 5.91 Å². The quantitative estimate of drug-likeness (QED) is 0.471. The van der Waals surface area contributed by atoms with Crippen molar-refractivity contribution in [3.05, 3.63) is 59.1 Å². The molecule has 10 heteroatoms. The largest absolute Gasteiger partial charge is 0.376 e. The molecule has 2 amide bonds. The first-order valence-electron chi connectivity index (χ1n) is 10.6. The van der Waals surface area contributed by atoms with Crippen molar-refractivity contribution in [1.82, 2.24) is 20.1 Å². The average molecular weight is 486 g/mol. The molecule has 2 aromatic carbocycles. The maximum absolute atomic E-state index is 12.4. The fourth-order valence-electron chi connectivity index (χ4n) is 3.45. The molecule has 0 unspecified atom stereocenters. The lowest BCUT2D eigenvalue weighted by molar-refractivity contribution is -0.119. The van der Waals surface area contributed by atoms with Crippen molar-refractivity contribution in [3.63, 3.8) is 0 Å². The maximum Gasteiger partial charge on any atom is 0.257 e. The van der Waals surface area contributed by atoms with Crippen LogP contribution in [-0.4, -0.2) is 51.6 Å². The van der Waals surface area contributed by atoms with E-state index in [0.717, 1.165) is 25.0 Å². The average Bonchev–Trinajstić information content (AvgIpc) is 3.47. The molecule has 2 heterocycles. The topological polar surface area (TPSA) is 98.1 Å². The lowest BCUT2D eigenvalue weighted by atomic mass is 10.1. The number of hydrogen-bond donors (Lipinski definition) is 2. The molecular weight excluding hydrogens is 462 g/mol. The molecule has 0 spiro atoms. The molecule has 1 saturated heterocycles. The molecule has 1 aliphatic heterocycles. The van der Waals surface area contributed by atoms with E-state index in [4.69, 9.17) is 16.3 Å². The number of aromatic nitrogens is 3. The van der Waals surface area contributed by atoms with E-state index in [9.17, 15) is 9.59 Å². The van der Waals surface area contributed by atoms with Crippen molar-refractivity contribution in [2.75, 3.05) is 24.2 Å². The highest BCUT2D eigenvalue weighted by molar-refractivity contribution is 7.99. The monoisotopic (exact) mass is 485 g/mol. The molecule has 0 bridgehead atoms. The molecule has 3 aromatic rings. The molecule has 0 aliphatic carbocycles. The molecule has 1 fully saturated rings. The van der Waals surface area contributed by atoms with Gasteiger partial charge in [-0.1, -0.05) is 35.5 Å². The summed E-state index contributed by atoms with van der Waals surface area (Å²) in [5.41, 5.74) is 1.90. The number of ether oxygens (including phenoxy) is 1. The van der Waals surface area contributed by atoms with Crippen LogP contribution in [0.2, 0.25) is 5.02 Å². The molecule has 172 valence electrons. The van der Waals surface area contributed by atoms with Gasteiger partial charge in [0.15, 0.2) is 11.0 Å². The van der Waals surface area contributed by atoms with E-state index in [1.54, 1.807) is 36.4 Å². The zero-order valence-corrected chi connectivity index (χ0v) is 19.7. The number of nitrogens with one attached hydrogen (secondary N) is 2. The molecule has 8 nitrogen and oxygen atoms in total. The fourth-order valence-corrected chi connectivity index (χ4v) is 4.41. The highest BCUT2D eigenvalue weighted by Gasteiger charge is 2.17. The number of amides is 2. The summed E-state index contributed by atoms with van der Waals surface area (Å²) in [6, 6.07) is 14.2. The Kier molecular flexibility index (Phi) is 7.64. The molecule has 33 heavy (non-hydrogen) atoms. The lowest BCUT2D eigenvalue weighted by Crippen LogP contribution is -2.32. The van der Waals surface area contributed by atoms with E-state index >= 15 is 0 Å². The predicted octanol–water partition coefficient (Wildman–Crippen LogP) is 3.78. The lowest BCUT2D eigenvalue weighted by Gasteiger charge is -2.10. The van der Waals surface area contributed by atoms with Gasteiger partial charge >= 0.3 is 0 Å². The number of rotatable bonds is 8. The van der Waals surface area contributed by atoms with Gasteiger partial charge in [-0.3, -0.25) is 9.59 Å². The first-order chi connectivity index (χ1) is 16.0. The van der Waals surface area contributed by atoms with Crippen molar-refractivity contribution in [1.29, 1.82) is 0 Å². The molecule has 2 N–H and O–H groups in total. The first kappa shape index (κ1) is 23.3. The zero-order chi connectivity index (χ0) is 23.2. The highest BCUT2D eigenvalue weighted by Crippen LogP contribution is 2.24. The van der Waals surface area contributed by atoms with Gasteiger partial charge in [0.1, 0.15) is 0 Å². The number of carbonyl (C=O) groups is 2. The summed E-state index contributed by atoms with van der Waals surface area (Å²) >= 11 is 7.42. The Balaban J connectivity index is 1.33. The number of hydrogen-bond acceptors (Lipinski definition) is 6. The smallest absolute Gasteiger partial charge is 0.257 e. The van der Waals surface area contributed by atoms with Gasteiger partial charge in [-0.15, -0.1) is 10.2 Å². The third-order valence-electron chi connectivity index (χ3n) is 5.24. The van der Waals surface area contributed by atoms with Crippen molar-refractivity contribution >= 4 is 40.9 Å². The molecule has 0 saturated carbocycles. The molecular formula is C23H24ClN5O3S. The van der Waals surface area contributed by atoms with Gasteiger partial charge in [0.05, 0.1) is 22.4 Å². The third kappa shape index (κ3) is 5.93. The summed E-state index contributed by atoms with van der Waals surface area (Å²) in [6.07, 6.45) is 2.16. The number of benzene rings is 2. The van der Waals surface area contributed by atoms with Crippen LogP contribution in [0.3, 0.4) is 0 Å². The highest BCUT2D eigenvalue weighted by atomic mass is 35.5. The van der Waals surface area contributed by atoms with E-state index in [0.29, 0.717) is 33.8 Å². The van der Waals surface area contributed by atoms with E-state index in [1.807, 2.05) is 23.7 Å². The van der Waals surface area contributed by atoms with Gasteiger partial charge < -0.3 is 19.9 Å². The first-order valence-corrected chi connectivity index (χ1v) is 11.9. The summed E-state index contributed by atoms with van der Waals surface area (Å²) in [6.45, 7) is 1.31. The Morgan fingerprint density at radius 1 is 1.18 bits per heavy atom. The van der Waals surface area contributed by atoms with E-state index < -0.39 is 0 Å². The van der Waals surface area contributed by atoms with Crippen molar-refractivity contribution in [2.24, 2.45) is 7.05 Å². The van der Waals surface area contributed by atoms with Crippen LogP contribution in [0.25, 0.3) is 11.4 Å². The number of thioether (sulfide) groups is 1. The summed E-state index contributed by atoms with van der Waals surface area (Å²) in [5, 5.41) is 15.3. The molecule has 1 atom stereocenters. The van der Waals surface area contributed by atoms with Crippen LogP contribution in [0.1, 0.15) is 23.2 Å². The standard InChI is InChI=1S/C23H24ClN5O3S/c1-29-21(27-28-23(29)33-14-20(30)25-13-17-5-4-12-32-17)15-8-10-16(11-9-15)26-22(31)18-6-2-3-7-19(18)24/h2-3,6-11,17H,4-5,12-14H2,1H3,(H,25,30)(H,26,31)/t17-/m0/s1. The molecule has 1 aliphatic rings. The van der Waals surface area contributed by atoms with Crippen molar-refractivity contribution in [2.45, 2.75) is 24.1 Å². The predicted molar refractivity (Wildman–Crippen MR) is 129 cm³/mol. The Hall–Kier alpha value is -2.88. The second-order valence-corrected chi connectivity index (χ2v) is 8.95. The second-order valence-electron chi connectivity index (χ2n) is 7.60. The zero-order valence-electron chi connectivity index (χ0n) is 18.1. The minimum Gasteiger partial charge on any atom is -0.376 e. The van der Waals surface area contributed by atoms with Crippen LogP contribution in [0.5, 0.6) is 0 Å². The molecule has 1 aromatic heterocycles.